The first-order valence-electron chi connectivity index (χ1n) is 11.1. The van der Waals surface area contributed by atoms with Gasteiger partial charge < -0.3 is 20.3 Å². The Hall–Kier alpha value is -2.34. The molecule has 3 aromatic rings. The van der Waals surface area contributed by atoms with E-state index >= 15 is 0 Å². The predicted molar refractivity (Wildman–Crippen MR) is 129 cm³/mol. The van der Waals surface area contributed by atoms with Crippen molar-refractivity contribution in [3.8, 4) is 16.3 Å². The number of nitrogens with zero attached hydrogens (tertiary/aromatic N) is 2. The van der Waals surface area contributed by atoms with Crippen LogP contribution in [0.2, 0.25) is 0 Å². The molecule has 0 bridgehead atoms. The highest BCUT2D eigenvalue weighted by molar-refractivity contribution is 7.46. The van der Waals surface area contributed by atoms with Crippen LogP contribution in [0.3, 0.4) is 0 Å². The van der Waals surface area contributed by atoms with E-state index in [4.69, 9.17) is 20.3 Å². The molecule has 0 saturated heterocycles. The van der Waals surface area contributed by atoms with Gasteiger partial charge in [0.25, 0.3) is 0 Å². The molecule has 3 rings (SSSR count). The summed E-state index contributed by atoms with van der Waals surface area (Å²) in [6.07, 6.45) is -1.38. The lowest BCUT2D eigenvalue weighted by atomic mass is 10.1. The van der Waals surface area contributed by atoms with Crippen LogP contribution in [-0.4, -0.2) is 33.2 Å². The Morgan fingerprint density at radius 3 is 2.44 bits per heavy atom. The van der Waals surface area contributed by atoms with Crippen LogP contribution in [0.5, 0.6) is 5.75 Å². The number of hydrogen-bond donors (Lipinski definition) is 3. The third-order valence-electron chi connectivity index (χ3n) is 5.19. The zero-order valence-electron chi connectivity index (χ0n) is 19.4. The van der Waals surface area contributed by atoms with Gasteiger partial charge >= 0.3 is 14.0 Å². The van der Waals surface area contributed by atoms with Crippen molar-refractivity contribution in [3.63, 3.8) is 0 Å². The Labute approximate surface area is 210 Å². The fourth-order valence-electron chi connectivity index (χ4n) is 3.30. The second kappa shape index (κ2) is 11.8. The molecule has 0 aliphatic heterocycles. The molecule has 0 aliphatic rings. The second-order valence-corrected chi connectivity index (χ2v) is 10.7. The van der Waals surface area contributed by atoms with Crippen molar-refractivity contribution in [1.82, 2.24) is 10.2 Å². The largest absolute Gasteiger partial charge is 0.493 e. The summed E-state index contributed by atoms with van der Waals surface area (Å²) >= 11 is 0.905. The number of nitrogens with two attached hydrogens (primary N) is 1. The van der Waals surface area contributed by atoms with Crippen LogP contribution in [0.15, 0.2) is 48.5 Å². The number of phosphoric acid groups is 1. The standard InChI is InChI=1S/C23H27F3N3O5PS/c1-22(27,15-34-35(30,31)32)21-29-28-20(36-21)17-11-12-19(18(14-17)23(24,25)26)33-13-7-3-6-10-16-8-4-2-5-9-16/h2,4-5,8-9,11-12,14H,3,6-7,10,13,15,27H2,1H3,(H2,30,31,32)/t22-/m0/s1. The van der Waals surface area contributed by atoms with Crippen molar-refractivity contribution in [2.45, 2.75) is 44.3 Å². The summed E-state index contributed by atoms with van der Waals surface area (Å²) in [6.45, 7) is 1.02. The van der Waals surface area contributed by atoms with Crippen molar-refractivity contribution in [2.75, 3.05) is 13.2 Å². The molecule has 196 valence electrons. The topological polar surface area (TPSA) is 128 Å². The molecule has 1 aromatic heterocycles. The summed E-state index contributed by atoms with van der Waals surface area (Å²) in [5.41, 5.74) is 5.06. The maximum atomic E-state index is 13.7. The minimum Gasteiger partial charge on any atom is -0.493 e. The minimum absolute atomic E-state index is 0.148. The van der Waals surface area contributed by atoms with Crippen LogP contribution in [-0.2, 0) is 27.2 Å². The Bertz CT molecular complexity index is 1190. The lowest BCUT2D eigenvalue weighted by molar-refractivity contribution is -0.138. The van der Waals surface area contributed by atoms with Gasteiger partial charge in [0.1, 0.15) is 15.8 Å². The van der Waals surface area contributed by atoms with Crippen LogP contribution in [0, 0.1) is 0 Å². The molecule has 0 fully saturated rings. The van der Waals surface area contributed by atoms with Crippen LogP contribution < -0.4 is 10.5 Å². The fourth-order valence-corrected chi connectivity index (χ4v) is 4.62. The van der Waals surface area contributed by atoms with Gasteiger partial charge in [0, 0.05) is 5.56 Å². The van der Waals surface area contributed by atoms with Crippen molar-refractivity contribution in [1.29, 1.82) is 0 Å². The van der Waals surface area contributed by atoms with Gasteiger partial charge in [0.05, 0.1) is 24.3 Å². The molecule has 0 amide bonds. The van der Waals surface area contributed by atoms with E-state index in [1.807, 2.05) is 30.3 Å². The Kier molecular flexibility index (Phi) is 9.26. The van der Waals surface area contributed by atoms with Crippen molar-refractivity contribution in [3.05, 3.63) is 64.7 Å². The molecule has 0 spiro atoms. The molecule has 0 unspecified atom stereocenters. The summed E-state index contributed by atoms with van der Waals surface area (Å²) in [6, 6.07) is 13.6. The fraction of sp³-hybridized carbons (Fsp3) is 0.391. The molecular weight excluding hydrogens is 518 g/mol. The monoisotopic (exact) mass is 545 g/mol. The molecule has 0 aliphatic carbocycles. The summed E-state index contributed by atoms with van der Waals surface area (Å²) < 4.78 is 62.1. The lowest BCUT2D eigenvalue weighted by Gasteiger charge is -2.21. The van der Waals surface area contributed by atoms with Crippen molar-refractivity contribution >= 4 is 19.2 Å². The van der Waals surface area contributed by atoms with E-state index in [1.165, 1.54) is 24.6 Å². The smallest absolute Gasteiger partial charge is 0.469 e. The van der Waals surface area contributed by atoms with Crippen LogP contribution in [0.25, 0.3) is 10.6 Å². The number of ether oxygens (including phenoxy) is 1. The maximum Gasteiger partial charge on any atom is 0.469 e. The van der Waals surface area contributed by atoms with E-state index in [0.29, 0.717) is 6.42 Å². The zero-order chi connectivity index (χ0) is 26.4. The van der Waals surface area contributed by atoms with Gasteiger partial charge in [-0.25, -0.2) is 4.57 Å². The lowest BCUT2D eigenvalue weighted by Crippen LogP contribution is -2.37. The van der Waals surface area contributed by atoms with Gasteiger partial charge in [-0.1, -0.05) is 41.7 Å². The van der Waals surface area contributed by atoms with Gasteiger partial charge in [-0.15, -0.1) is 10.2 Å². The number of alkyl halides is 3. The highest BCUT2D eigenvalue weighted by Crippen LogP contribution is 2.41. The van der Waals surface area contributed by atoms with Crippen LogP contribution in [0.1, 0.15) is 42.3 Å². The second-order valence-electron chi connectivity index (χ2n) is 8.45. The summed E-state index contributed by atoms with van der Waals surface area (Å²) in [4.78, 5) is 17.8. The average molecular weight is 546 g/mol. The number of aromatic nitrogens is 2. The molecule has 13 heteroatoms. The third-order valence-corrected chi connectivity index (χ3v) is 6.91. The van der Waals surface area contributed by atoms with E-state index < -0.39 is 31.7 Å². The van der Waals surface area contributed by atoms with E-state index in [9.17, 15) is 17.7 Å². The summed E-state index contributed by atoms with van der Waals surface area (Å²) in [5.74, 6) is -0.266. The SMILES string of the molecule is C[C@](N)(COP(=O)(O)O)c1nnc(-c2ccc(OCCCCCc3ccccc3)c(C(F)(F)F)c2)s1. The molecule has 36 heavy (non-hydrogen) atoms. The minimum atomic E-state index is -4.76. The molecule has 8 nitrogen and oxygen atoms in total. The third kappa shape index (κ3) is 8.36. The van der Waals surface area contributed by atoms with Crippen LogP contribution in [0.4, 0.5) is 13.2 Å². The molecule has 4 N–H and O–H groups in total. The van der Waals surface area contributed by atoms with Gasteiger partial charge in [-0.05, 0) is 56.4 Å². The number of rotatable bonds is 12. The molecule has 0 saturated carbocycles. The van der Waals surface area contributed by atoms with Crippen LogP contribution >= 0.6 is 19.2 Å². The number of phosphoric ester groups is 1. The maximum absolute atomic E-state index is 13.7. The zero-order valence-corrected chi connectivity index (χ0v) is 21.2. The van der Waals surface area contributed by atoms with E-state index in [0.717, 1.165) is 36.7 Å². The Balaban J connectivity index is 1.64. The number of benzene rings is 2. The molecule has 1 heterocycles. The Morgan fingerprint density at radius 1 is 1.06 bits per heavy atom. The van der Waals surface area contributed by atoms with Gasteiger partial charge in [-0.3, -0.25) is 4.52 Å². The van der Waals surface area contributed by atoms with Gasteiger partial charge in [0.15, 0.2) is 0 Å². The van der Waals surface area contributed by atoms with Crippen molar-refractivity contribution < 1.29 is 36.8 Å². The molecule has 1 atom stereocenters. The summed E-state index contributed by atoms with van der Waals surface area (Å²) in [5, 5.41) is 8.09. The number of halogens is 3. The normalized spacial score (nSPS) is 14.0. The van der Waals surface area contributed by atoms with Crippen molar-refractivity contribution in [2.24, 2.45) is 5.73 Å². The van der Waals surface area contributed by atoms with Gasteiger partial charge in [0.2, 0.25) is 0 Å². The van der Waals surface area contributed by atoms with E-state index in [-0.39, 0.29) is 27.9 Å². The highest BCUT2D eigenvalue weighted by atomic mass is 32.1. The predicted octanol–water partition coefficient (Wildman–Crippen LogP) is 5.30. The molecular formula is C23H27F3N3O5PS. The first kappa shape index (κ1) is 28.2. The van der Waals surface area contributed by atoms with Gasteiger partial charge in [-0.2, -0.15) is 13.2 Å². The first-order chi connectivity index (χ1) is 16.9. The first-order valence-corrected chi connectivity index (χ1v) is 13.4. The number of unbranched alkanes of at least 4 members (excludes halogenated alkanes) is 2. The Morgan fingerprint density at radius 2 is 1.78 bits per heavy atom. The quantitative estimate of drug-likeness (QED) is 0.207. The number of hydrogen-bond acceptors (Lipinski definition) is 7. The molecule has 2 aromatic carbocycles. The summed E-state index contributed by atoms with van der Waals surface area (Å²) in [7, 11) is -4.76. The molecule has 0 radical (unpaired) electrons. The van der Waals surface area contributed by atoms with E-state index in [1.54, 1.807) is 0 Å². The highest BCUT2D eigenvalue weighted by Gasteiger charge is 2.35. The average Bonchev–Trinajstić information content (AvgIpc) is 3.31. The van der Waals surface area contributed by atoms with E-state index in [2.05, 4.69) is 14.7 Å². The number of aryl methyl sites for hydroxylation is 1.